The molecule has 0 saturated heterocycles. The smallest absolute Gasteiger partial charge is 0.239 e. The second-order valence-electron chi connectivity index (χ2n) is 5.65. The van der Waals surface area contributed by atoms with E-state index in [0.29, 0.717) is 13.2 Å². The molecule has 0 bridgehead atoms. The molecule has 24 heavy (non-hydrogen) atoms. The fraction of sp³-hybridized carbons (Fsp3) is 0.316. The highest BCUT2D eigenvalue weighted by Crippen LogP contribution is 2.35. The molecule has 1 heterocycles. The molecule has 2 aromatic rings. The lowest BCUT2D eigenvalue weighted by Gasteiger charge is -2.21. The largest absolute Gasteiger partial charge is 0.490 e. The molecule has 0 aromatic heterocycles. The van der Waals surface area contributed by atoms with Crippen LogP contribution in [0.2, 0.25) is 0 Å². The summed E-state index contributed by atoms with van der Waals surface area (Å²) < 4.78 is 11.4. The Bertz CT molecular complexity index is 705. The number of thioether (sulfide) groups is 1. The molecule has 0 unspecified atom stereocenters. The summed E-state index contributed by atoms with van der Waals surface area (Å²) in [6, 6.07) is 15.5. The molecule has 1 aliphatic heterocycles. The van der Waals surface area contributed by atoms with Crippen LogP contribution in [-0.2, 0) is 4.79 Å². The Morgan fingerprint density at radius 2 is 1.79 bits per heavy atom. The number of nitrogens with zero attached hydrogens (tertiary/aromatic N) is 1. The monoisotopic (exact) mass is 343 g/mol. The predicted molar refractivity (Wildman–Crippen MR) is 97.2 cm³/mol. The molecule has 0 radical (unpaired) electrons. The second-order valence-corrected chi connectivity index (χ2v) is 7.07. The van der Waals surface area contributed by atoms with Crippen molar-refractivity contribution in [3.05, 3.63) is 48.5 Å². The van der Waals surface area contributed by atoms with E-state index in [0.717, 1.165) is 28.5 Å². The maximum Gasteiger partial charge on any atom is 0.239 e. The van der Waals surface area contributed by atoms with Gasteiger partial charge in [-0.05, 0) is 37.3 Å². The maximum absolute atomic E-state index is 12.6. The van der Waals surface area contributed by atoms with Gasteiger partial charge in [-0.1, -0.05) is 18.2 Å². The maximum atomic E-state index is 12.6. The standard InChI is InChI=1S/C19H21NO3S/c1-14(19(21)20(2)15-7-4-3-5-8-15)24-16-9-10-17-18(13-16)23-12-6-11-22-17/h3-5,7-10,13-14H,6,11-12H2,1-2H3/t14-/m0/s1. The molecule has 0 aliphatic carbocycles. The summed E-state index contributed by atoms with van der Waals surface area (Å²) in [5.74, 6) is 1.60. The van der Waals surface area contributed by atoms with Gasteiger partial charge in [0.1, 0.15) is 0 Å². The van der Waals surface area contributed by atoms with Gasteiger partial charge in [-0.2, -0.15) is 0 Å². The summed E-state index contributed by atoms with van der Waals surface area (Å²) in [6.45, 7) is 3.26. The number of ether oxygens (including phenoxy) is 2. The van der Waals surface area contributed by atoms with E-state index in [-0.39, 0.29) is 11.2 Å². The highest BCUT2D eigenvalue weighted by Gasteiger charge is 2.20. The Morgan fingerprint density at radius 3 is 2.54 bits per heavy atom. The average molecular weight is 343 g/mol. The van der Waals surface area contributed by atoms with Crippen molar-refractivity contribution in [1.29, 1.82) is 0 Å². The van der Waals surface area contributed by atoms with Gasteiger partial charge >= 0.3 is 0 Å². The predicted octanol–water partition coefficient (Wildman–Crippen LogP) is 3.99. The average Bonchev–Trinajstić information content (AvgIpc) is 2.86. The van der Waals surface area contributed by atoms with Crippen molar-refractivity contribution in [3.8, 4) is 11.5 Å². The van der Waals surface area contributed by atoms with Gasteiger partial charge in [-0.15, -0.1) is 11.8 Å². The number of benzene rings is 2. The van der Waals surface area contributed by atoms with E-state index in [1.807, 2.05) is 62.5 Å². The van der Waals surface area contributed by atoms with Crippen LogP contribution >= 0.6 is 11.8 Å². The van der Waals surface area contributed by atoms with Gasteiger partial charge in [0.2, 0.25) is 5.91 Å². The van der Waals surface area contributed by atoms with Crippen LogP contribution in [-0.4, -0.2) is 31.4 Å². The minimum atomic E-state index is -0.194. The van der Waals surface area contributed by atoms with E-state index >= 15 is 0 Å². The van der Waals surface area contributed by atoms with Crippen molar-refractivity contribution in [3.63, 3.8) is 0 Å². The Kier molecular flexibility index (Phi) is 5.30. The zero-order chi connectivity index (χ0) is 16.9. The number of amides is 1. The van der Waals surface area contributed by atoms with Gasteiger partial charge in [-0.25, -0.2) is 0 Å². The zero-order valence-corrected chi connectivity index (χ0v) is 14.7. The minimum Gasteiger partial charge on any atom is -0.490 e. The van der Waals surface area contributed by atoms with E-state index in [1.165, 1.54) is 11.8 Å². The van der Waals surface area contributed by atoms with Crippen molar-refractivity contribution in [2.75, 3.05) is 25.2 Å². The molecule has 0 spiro atoms. The molecule has 1 amide bonds. The molecule has 0 N–H and O–H groups in total. The molecule has 5 heteroatoms. The third kappa shape index (κ3) is 3.85. The second kappa shape index (κ2) is 7.62. The molecular weight excluding hydrogens is 322 g/mol. The van der Waals surface area contributed by atoms with Crippen LogP contribution in [0, 0.1) is 0 Å². The molecule has 2 aromatic carbocycles. The number of carbonyl (C=O) groups is 1. The number of hydrogen-bond donors (Lipinski definition) is 0. The Hall–Kier alpha value is -2.14. The first-order valence-corrected chi connectivity index (χ1v) is 8.92. The SMILES string of the molecule is C[C@H](Sc1ccc2c(c1)OCCCO2)C(=O)N(C)c1ccccc1. The third-order valence-corrected chi connectivity index (χ3v) is 4.93. The minimum absolute atomic E-state index is 0.0679. The quantitative estimate of drug-likeness (QED) is 0.787. The Labute approximate surface area is 146 Å². The van der Waals surface area contributed by atoms with Gasteiger partial charge < -0.3 is 14.4 Å². The first-order valence-electron chi connectivity index (χ1n) is 8.04. The van der Waals surface area contributed by atoms with Gasteiger partial charge in [0.15, 0.2) is 11.5 Å². The summed E-state index contributed by atoms with van der Waals surface area (Å²) in [5, 5.41) is -0.194. The molecule has 3 rings (SSSR count). The molecule has 0 fully saturated rings. The van der Waals surface area contributed by atoms with Crippen LogP contribution in [0.25, 0.3) is 0 Å². The van der Waals surface area contributed by atoms with E-state index in [1.54, 1.807) is 4.90 Å². The molecule has 4 nitrogen and oxygen atoms in total. The van der Waals surface area contributed by atoms with E-state index < -0.39 is 0 Å². The van der Waals surface area contributed by atoms with Gasteiger partial charge in [0, 0.05) is 24.1 Å². The van der Waals surface area contributed by atoms with Gasteiger partial charge in [-0.3, -0.25) is 4.79 Å². The van der Waals surface area contributed by atoms with Crippen molar-refractivity contribution in [2.24, 2.45) is 0 Å². The van der Waals surface area contributed by atoms with Crippen LogP contribution in [0.3, 0.4) is 0 Å². The van der Waals surface area contributed by atoms with Crippen molar-refractivity contribution < 1.29 is 14.3 Å². The van der Waals surface area contributed by atoms with Crippen LogP contribution in [0.5, 0.6) is 11.5 Å². The molecule has 126 valence electrons. The van der Waals surface area contributed by atoms with Crippen LogP contribution < -0.4 is 14.4 Å². The normalized spacial score (nSPS) is 14.6. The summed E-state index contributed by atoms with van der Waals surface area (Å²) >= 11 is 1.53. The summed E-state index contributed by atoms with van der Waals surface area (Å²) in [7, 11) is 1.81. The molecule has 0 saturated carbocycles. The van der Waals surface area contributed by atoms with Crippen LogP contribution in [0.1, 0.15) is 13.3 Å². The highest BCUT2D eigenvalue weighted by atomic mass is 32.2. The van der Waals surface area contributed by atoms with Crippen LogP contribution in [0.15, 0.2) is 53.4 Å². The molecule has 1 aliphatic rings. The number of carbonyl (C=O) groups excluding carboxylic acids is 1. The highest BCUT2D eigenvalue weighted by molar-refractivity contribution is 8.00. The van der Waals surface area contributed by atoms with E-state index in [9.17, 15) is 4.79 Å². The lowest BCUT2D eigenvalue weighted by atomic mass is 10.3. The third-order valence-electron chi connectivity index (χ3n) is 3.85. The Balaban J connectivity index is 1.69. The van der Waals surface area contributed by atoms with E-state index in [4.69, 9.17) is 9.47 Å². The summed E-state index contributed by atoms with van der Waals surface area (Å²) in [5.41, 5.74) is 0.897. The van der Waals surface area contributed by atoms with E-state index in [2.05, 4.69) is 0 Å². The molecule has 1 atom stereocenters. The molecular formula is C19H21NO3S. The first kappa shape index (κ1) is 16.7. The number of rotatable bonds is 4. The summed E-state index contributed by atoms with van der Waals surface area (Å²) in [6.07, 6.45) is 0.883. The number of anilines is 1. The fourth-order valence-corrected chi connectivity index (χ4v) is 3.51. The summed E-state index contributed by atoms with van der Waals surface area (Å²) in [4.78, 5) is 15.3. The fourth-order valence-electron chi connectivity index (χ4n) is 2.52. The first-order chi connectivity index (χ1) is 11.6. The lowest BCUT2D eigenvalue weighted by molar-refractivity contribution is -0.117. The number of hydrogen-bond acceptors (Lipinski definition) is 4. The van der Waals surface area contributed by atoms with Crippen molar-refractivity contribution in [2.45, 2.75) is 23.5 Å². The van der Waals surface area contributed by atoms with Gasteiger partial charge in [0.25, 0.3) is 0 Å². The van der Waals surface area contributed by atoms with Crippen molar-refractivity contribution >= 4 is 23.4 Å². The Morgan fingerprint density at radius 1 is 1.08 bits per heavy atom. The van der Waals surface area contributed by atoms with Crippen molar-refractivity contribution in [1.82, 2.24) is 0 Å². The lowest BCUT2D eigenvalue weighted by Crippen LogP contribution is -2.33. The topological polar surface area (TPSA) is 38.8 Å². The number of fused-ring (bicyclic) bond motifs is 1. The zero-order valence-electron chi connectivity index (χ0n) is 13.9. The number of para-hydroxylation sites is 1. The van der Waals surface area contributed by atoms with Crippen LogP contribution in [0.4, 0.5) is 5.69 Å². The van der Waals surface area contributed by atoms with Gasteiger partial charge in [0.05, 0.1) is 18.5 Å².